The van der Waals surface area contributed by atoms with Crippen LogP contribution in [0.1, 0.15) is 72.1 Å². The number of carbonyl (C=O) groups is 1. The van der Waals surface area contributed by atoms with Crippen LogP contribution < -0.4 is 0 Å². The van der Waals surface area contributed by atoms with Crippen LogP contribution in [-0.4, -0.2) is 24.3 Å². The van der Waals surface area contributed by atoms with Crippen molar-refractivity contribution in [2.45, 2.75) is 83.3 Å². The van der Waals surface area contributed by atoms with Crippen molar-refractivity contribution in [1.29, 1.82) is 0 Å². The minimum absolute atomic E-state index is 0.0128. The minimum Gasteiger partial charge on any atom is -0.469 e. The molecular weight excluding hydrogens is 300 g/mol. The van der Waals surface area contributed by atoms with Gasteiger partial charge in [0.05, 0.1) is 18.1 Å². The molecule has 0 unspecified atom stereocenters. The van der Waals surface area contributed by atoms with Gasteiger partial charge < -0.3 is 9.47 Å². The summed E-state index contributed by atoms with van der Waals surface area (Å²) in [5.74, 6) is 0.352. The molecule has 3 heteroatoms. The zero-order valence-electron chi connectivity index (χ0n) is 15.7. The Bertz CT molecular complexity index is 600. The summed E-state index contributed by atoms with van der Waals surface area (Å²) in [5, 5.41) is 0. The first-order chi connectivity index (χ1) is 11.2. The molecule has 0 spiro atoms. The first kappa shape index (κ1) is 16.6. The van der Waals surface area contributed by atoms with Gasteiger partial charge in [0.25, 0.3) is 0 Å². The molecule has 3 saturated carbocycles. The summed E-state index contributed by atoms with van der Waals surface area (Å²) in [4.78, 5) is 12.6. The molecule has 134 valence electrons. The number of allylic oxidation sites excluding steroid dienone is 1. The molecule has 1 saturated heterocycles. The van der Waals surface area contributed by atoms with Crippen LogP contribution in [0.15, 0.2) is 12.7 Å². The Morgan fingerprint density at radius 3 is 2.58 bits per heavy atom. The number of ether oxygens (including phenoxy) is 2. The molecule has 0 bridgehead atoms. The van der Waals surface area contributed by atoms with Crippen molar-refractivity contribution in [2.24, 2.45) is 22.2 Å². The number of methoxy groups -OCH3 is 1. The minimum atomic E-state index is -0.353. The molecule has 6 atom stereocenters. The van der Waals surface area contributed by atoms with E-state index in [4.69, 9.17) is 9.47 Å². The molecule has 4 fully saturated rings. The van der Waals surface area contributed by atoms with E-state index in [-0.39, 0.29) is 33.4 Å². The second kappa shape index (κ2) is 4.66. The van der Waals surface area contributed by atoms with Gasteiger partial charge in [0.2, 0.25) is 0 Å². The largest absolute Gasteiger partial charge is 0.469 e. The van der Waals surface area contributed by atoms with Gasteiger partial charge in [0, 0.05) is 5.41 Å². The molecule has 0 amide bonds. The monoisotopic (exact) mass is 332 g/mol. The summed E-state index contributed by atoms with van der Waals surface area (Å²) in [6.07, 6.45) is 10.9. The highest BCUT2D eigenvalue weighted by Crippen LogP contribution is 2.78. The van der Waals surface area contributed by atoms with E-state index in [9.17, 15) is 4.79 Å². The van der Waals surface area contributed by atoms with Gasteiger partial charge in [0.15, 0.2) is 0 Å². The fourth-order valence-electron chi connectivity index (χ4n) is 7.26. The molecule has 1 heterocycles. The lowest BCUT2D eigenvalue weighted by atomic mass is 9.43. The molecule has 4 aliphatic rings. The van der Waals surface area contributed by atoms with Crippen LogP contribution in [0, 0.1) is 22.2 Å². The lowest BCUT2D eigenvalue weighted by molar-refractivity contribution is -0.170. The number of hydrogen-bond acceptors (Lipinski definition) is 3. The van der Waals surface area contributed by atoms with Crippen LogP contribution in [0.25, 0.3) is 0 Å². The van der Waals surface area contributed by atoms with Crippen molar-refractivity contribution in [3.05, 3.63) is 12.7 Å². The number of rotatable bonds is 2. The Morgan fingerprint density at radius 1 is 1.17 bits per heavy atom. The van der Waals surface area contributed by atoms with Crippen molar-refractivity contribution in [2.75, 3.05) is 7.11 Å². The molecule has 0 N–H and O–H groups in total. The Kier molecular flexibility index (Phi) is 3.23. The summed E-state index contributed by atoms with van der Waals surface area (Å²) in [6.45, 7) is 11.0. The molecule has 0 aromatic rings. The van der Waals surface area contributed by atoms with Crippen molar-refractivity contribution in [1.82, 2.24) is 0 Å². The summed E-state index contributed by atoms with van der Waals surface area (Å²) >= 11 is 0. The fraction of sp³-hybridized carbons (Fsp3) is 0.857. The lowest BCUT2D eigenvalue weighted by Gasteiger charge is -2.58. The van der Waals surface area contributed by atoms with Crippen LogP contribution in [0.4, 0.5) is 0 Å². The van der Waals surface area contributed by atoms with Crippen LogP contribution in [-0.2, 0) is 14.3 Å². The third-order valence-corrected chi connectivity index (χ3v) is 8.64. The zero-order valence-corrected chi connectivity index (χ0v) is 15.7. The van der Waals surface area contributed by atoms with Crippen LogP contribution in [0.3, 0.4) is 0 Å². The quantitative estimate of drug-likeness (QED) is 0.420. The smallest absolute Gasteiger partial charge is 0.311 e. The van der Waals surface area contributed by atoms with Gasteiger partial charge in [-0.15, -0.1) is 6.58 Å². The normalized spacial score (nSPS) is 55.6. The van der Waals surface area contributed by atoms with Gasteiger partial charge in [-0.2, -0.15) is 0 Å². The second-order valence-electron chi connectivity index (χ2n) is 9.73. The lowest BCUT2D eigenvalue weighted by Crippen LogP contribution is -2.61. The predicted molar refractivity (Wildman–Crippen MR) is 93.5 cm³/mol. The van der Waals surface area contributed by atoms with Crippen molar-refractivity contribution in [3.8, 4) is 0 Å². The molecular formula is C21H32O3. The third kappa shape index (κ3) is 1.70. The first-order valence-corrected chi connectivity index (χ1v) is 9.63. The van der Waals surface area contributed by atoms with Gasteiger partial charge in [0.1, 0.15) is 5.60 Å². The van der Waals surface area contributed by atoms with Gasteiger partial charge in [-0.25, -0.2) is 0 Å². The summed E-state index contributed by atoms with van der Waals surface area (Å²) < 4.78 is 11.9. The summed E-state index contributed by atoms with van der Waals surface area (Å²) in [5.41, 5.74) is -0.0405. The van der Waals surface area contributed by atoms with E-state index in [1.807, 2.05) is 0 Å². The molecule has 0 aromatic carbocycles. The Morgan fingerprint density at radius 2 is 1.92 bits per heavy atom. The Labute approximate surface area is 146 Å². The molecule has 24 heavy (non-hydrogen) atoms. The highest BCUT2D eigenvalue weighted by molar-refractivity contribution is 5.77. The summed E-state index contributed by atoms with van der Waals surface area (Å²) in [7, 11) is 1.54. The van der Waals surface area contributed by atoms with E-state index in [0.29, 0.717) is 5.92 Å². The zero-order chi connectivity index (χ0) is 17.4. The molecule has 4 rings (SSSR count). The third-order valence-electron chi connectivity index (χ3n) is 8.64. The summed E-state index contributed by atoms with van der Waals surface area (Å²) in [6, 6.07) is 0. The molecule has 0 radical (unpaired) electrons. The topological polar surface area (TPSA) is 38.8 Å². The van der Waals surface area contributed by atoms with E-state index in [0.717, 1.165) is 44.9 Å². The maximum Gasteiger partial charge on any atom is 0.311 e. The highest BCUT2D eigenvalue weighted by atomic mass is 16.6. The maximum atomic E-state index is 12.6. The average Bonchev–Trinajstić information content (AvgIpc) is 3.24. The maximum absolute atomic E-state index is 12.6. The number of hydrogen-bond donors (Lipinski definition) is 0. The fourth-order valence-corrected chi connectivity index (χ4v) is 7.26. The number of epoxide rings is 1. The Hall–Kier alpha value is -0.830. The van der Waals surface area contributed by atoms with Crippen molar-refractivity contribution >= 4 is 5.97 Å². The van der Waals surface area contributed by atoms with E-state index < -0.39 is 0 Å². The van der Waals surface area contributed by atoms with Crippen molar-refractivity contribution in [3.63, 3.8) is 0 Å². The average molecular weight is 332 g/mol. The predicted octanol–water partition coefficient (Wildman–Crippen LogP) is 4.65. The standard InChI is InChI=1S/C21H32O3/c1-6-17(2)12-13-21-19(4)10-7-9-18(3,16(22)23-5)15(19)8-11-20(21,14-17)24-21/h6,15H,1,7-14H2,2-5H3/t15-,17-,18+,19-,20+,21+/m0/s1. The van der Waals surface area contributed by atoms with E-state index in [2.05, 4.69) is 33.4 Å². The van der Waals surface area contributed by atoms with Crippen LogP contribution in [0.2, 0.25) is 0 Å². The molecule has 0 aromatic heterocycles. The van der Waals surface area contributed by atoms with E-state index in [1.54, 1.807) is 0 Å². The van der Waals surface area contributed by atoms with Crippen LogP contribution in [0.5, 0.6) is 0 Å². The van der Waals surface area contributed by atoms with Gasteiger partial charge in [-0.3, -0.25) is 4.79 Å². The molecule has 3 nitrogen and oxygen atoms in total. The number of fused-ring (bicyclic) bond motifs is 1. The second-order valence-corrected chi connectivity index (χ2v) is 9.73. The Balaban J connectivity index is 1.72. The number of carbonyl (C=O) groups excluding carboxylic acids is 1. The van der Waals surface area contributed by atoms with Gasteiger partial charge in [-0.05, 0) is 63.2 Å². The van der Waals surface area contributed by atoms with E-state index in [1.165, 1.54) is 13.5 Å². The number of esters is 1. The van der Waals surface area contributed by atoms with Gasteiger partial charge >= 0.3 is 5.97 Å². The molecule has 3 aliphatic carbocycles. The van der Waals surface area contributed by atoms with Gasteiger partial charge in [-0.1, -0.05) is 26.3 Å². The van der Waals surface area contributed by atoms with Crippen LogP contribution >= 0.6 is 0 Å². The highest BCUT2D eigenvalue weighted by Gasteiger charge is 2.83. The van der Waals surface area contributed by atoms with Crippen molar-refractivity contribution < 1.29 is 14.3 Å². The molecule has 1 aliphatic heterocycles. The first-order valence-electron chi connectivity index (χ1n) is 9.63. The van der Waals surface area contributed by atoms with E-state index >= 15 is 0 Å². The SMILES string of the molecule is C=C[C@@]1(C)CC[C@]23O[C@]2(CC[C@H]2[C@](C)(C(=O)OC)CCC[C@@]23C)C1.